The lowest BCUT2D eigenvalue weighted by atomic mass is 10.3. The fourth-order valence-corrected chi connectivity index (χ4v) is 2.46. The van der Waals surface area contributed by atoms with E-state index in [9.17, 15) is 0 Å². The highest BCUT2D eigenvalue weighted by atomic mass is 32.1. The molecule has 0 unspecified atom stereocenters. The van der Waals surface area contributed by atoms with Crippen LogP contribution in [-0.4, -0.2) is 16.7 Å². The zero-order chi connectivity index (χ0) is 13.2. The summed E-state index contributed by atoms with van der Waals surface area (Å²) in [6.45, 7) is 0.777. The van der Waals surface area contributed by atoms with E-state index in [1.54, 1.807) is 13.4 Å². The first-order valence-electron chi connectivity index (χ1n) is 6.07. The summed E-state index contributed by atoms with van der Waals surface area (Å²) >= 11 is 5.36. The molecule has 0 aliphatic heterocycles. The molecule has 1 N–H and O–H groups in total. The Bertz CT molecular complexity index is 740. The second-order valence-corrected chi connectivity index (χ2v) is 4.68. The minimum absolute atomic E-state index is 0.717. The van der Waals surface area contributed by atoms with Gasteiger partial charge in [0.05, 0.1) is 24.4 Å². The topological polar surface area (TPSA) is 43.1 Å². The number of H-pyrrole nitrogens is 1. The van der Waals surface area contributed by atoms with Gasteiger partial charge in [0.25, 0.3) is 0 Å². The quantitative estimate of drug-likeness (QED) is 0.740. The molecule has 0 bridgehead atoms. The molecule has 4 nitrogen and oxygen atoms in total. The third-order valence-electron chi connectivity index (χ3n) is 3.14. The van der Waals surface area contributed by atoms with Crippen molar-refractivity contribution in [2.24, 2.45) is 0 Å². The molecule has 0 fully saturated rings. The van der Waals surface area contributed by atoms with E-state index in [1.807, 2.05) is 30.3 Å². The first-order valence-corrected chi connectivity index (χ1v) is 6.47. The molecular weight excluding hydrogens is 260 g/mol. The average Bonchev–Trinajstić information content (AvgIpc) is 3.03. The second-order valence-electron chi connectivity index (χ2n) is 4.29. The largest absolute Gasteiger partial charge is 0.497 e. The number of methoxy groups -OCH3 is 1. The molecule has 2 heterocycles. The maximum absolute atomic E-state index is 5.36. The third-order valence-corrected chi connectivity index (χ3v) is 3.47. The maximum atomic E-state index is 5.36. The molecule has 0 saturated carbocycles. The van der Waals surface area contributed by atoms with Crippen molar-refractivity contribution in [2.45, 2.75) is 13.0 Å². The molecule has 1 aromatic carbocycles. The van der Waals surface area contributed by atoms with Crippen LogP contribution in [0.15, 0.2) is 41.0 Å². The van der Waals surface area contributed by atoms with Gasteiger partial charge in [-0.3, -0.25) is 0 Å². The number of nitrogens with one attached hydrogen (secondary N) is 1. The van der Waals surface area contributed by atoms with E-state index in [4.69, 9.17) is 21.4 Å². The van der Waals surface area contributed by atoms with Gasteiger partial charge < -0.3 is 18.7 Å². The van der Waals surface area contributed by atoms with Crippen LogP contribution in [0.3, 0.4) is 0 Å². The number of aromatic nitrogens is 2. The van der Waals surface area contributed by atoms with Crippen LogP contribution in [0, 0.1) is 4.77 Å². The van der Waals surface area contributed by atoms with E-state index in [1.165, 1.54) is 0 Å². The van der Waals surface area contributed by atoms with Gasteiger partial charge in [-0.15, -0.1) is 0 Å². The van der Waals surface area contributed by atoms with Gasteiger partial charge in [-0.1, -0.05) is 0 Å². The summed E-state index contributed by atoms with van der Waals surface area (Å²) in [5, 5.41) is 0. The molecule has 98 valence electrons. The lowest BCUT2D eigenvalue weighted by Crippen LogP contribution is -2.00. The Hall–Kier alpha value is -2.01. The number of hydrogen-bond acceptors (Lipinski definition) is 3. The number of aryl methyl sites for hydroxylation is 2. The summed E-state index contributed by atoms with van der Waals surface area (Å²) in [6, 6.07) is 9.76. The van der Waals surface area contributed by atoms with Crippen molar-refractivity contribution in [2.75, 3.05) is 7.11 Å². The van der Waals surface area contributed by atoms with E-state index in [-0.39, 0.29) is 0 Å². The maximum Gasteiger partial charge on any atom is 0.178 e. The van der Waals surface area contributed by atoms with Crippen LogP contribution in [-0.2, 0) is 13.0 Å². The Morgan fingerprint density at radius 3 is 3.00 bits per heavy atom. The number of hydrogen-bond donors (Lipinski definition) is 1. The van der Waals surface area contributed by atoms with Crippen LogP contribution in [0.25, 0.3) is 11.0 Å². The Labute approximate surface area is 115 Å². The molecule has 19 heavy (non-hydrogen) atoms. The normalized spacial score (nSPS) is 11.0. The Kier molecular flexibility index (Phi) is 3.13. The fourth-order valence-electron chi connectivity index (χ4n) is 2.16. The number of furan rings is 1. The summed E-state index contributed by atoms with van der Waals surface area (Å²) in [7, 11) is 1.66. The molecule has 0 aliphatic rings. The first kappa shape index (κ1) is 12.0. The van der Waals surface area contributed by atoms with Crippen LogP contribution in [0.4, 0.5) is 0 Å². The Morgan fingerprint density at radius 2 is 2.26 bits per heavy atom. The highest BCUT2D eigenvalue weighted by molar-refractivity contribution is 7.71. The number of fused-ring (bicyclic) bond motifs is 1. The van der Waals surface area contributed by atoms with Crippen molar-refractivity contribution in [1.82, 2.24) is 9.55 Å². The number of aromatic amines is 1. The van der Waals surface area contributed by atoms with Crippen molar-refractivity contribution in [1.29, 1.82) is 0 Å². The zero-order valence-corrected chi connectivity index (χ0v) is 11.4. The molecule has 3 rings (SSSR count). The summed E-state index contributed by atoms with van der Waals surface area (Å²) < 4.78 is 13.4. The van der Waals surface area contributed by atoms with Crippen molar-refractivity contribution in [3.63, 3.8) is 0 Å². The summed E-state index contributed by atoms with van der Waals surface area (Å²) in [5.41, 5.74) is 2.07. The van der Waals surface area contributed by atoms with E-state index < -0.39 is 0 Å². The molecule has 0 saturated heterocycles. The lowest BCUT2D eigenvalue weighted by molar-refractivity contribution is 0.415. The summed E-state index contributed by atoms with van der Waals surface area (Å²) in [4.78, 5) is 3.20. The molecule has 0 amide bonds. The van der Waals surface area contributed by atoms with Gasteiger partial charge in [0, 0.05) is 19.0 Å². The van der Waals surface area contributed by atoms with Crippen LogP contribution < -0.4 is 4.74 Å². The van der Waals surface area contributed by atoms with E-state index >= 15 is 0 Å². The third kappa shape index (κ3) is 2.29. The van der Waals surface area contributed by atoms with Gasteiger partial charge in [-0.25, -0.2) is 0 Å². The van der Waals surface area contributed by atoms with Crippen LogP contribution in [0.5, 0.6) is 5.75 Å². The standard InChI is InChI=1S/C14H14N2O2S/c1-17-11-4-5-12-13(9-11)16(14(19)15-12)7-6-10-3-2-8-18-10/h2-5,8-9H,6-7H2,1H3,(H,15,19). The van der Waals surface area contributed by atoms with Gasteiger partial charge in [-0.05, 0) is 36.5 Å². The second kappa shape index (κ2) is 4.93. The average molecular weight is 274 g/mol. The van der Waals surface area contributed by atoms with Crippen molar-refractivity contribution < 1.29 is 9.15 Å². The minimum Gasteiger partial charge on any atom is -0.497 e. The Balaban J connectivity index is 1.97. The van der Waals surface area contributed by atoms with Crippen LogP contribution in [0.2, 0.25) is 0 Å². The molecule has 5 heteroatoms. The van der Waals surface area contributed by atoms with Crippen LogP contribution in [0.1, 0.15) is 5.76 Å². The SMILES string of the molecule is COc1ccc2[nH]c(=S)n(CCc3ccco3)c2c1. The summed E-state index contributed by atoms with van der Waals surface area (Å²) in [6.07, 6.45) is 2.50. The molecular formula is C14H14N2O2S. The molecule has 0 aliphatic carbocycles. The number of benzene rings is 1. The van der Waals surface area contributed by atoms with Crippen LogP contribution >= 0.6 is 12.2 Å². The number of rotatable bonds is 4. The van der Waals surface area contributed by atoms with Crippen molar-refractivity contribution in [3.8, 4) is 5.75 Å². The zero-order valence-electron chi connectivity index (χ0n) is 10.6. The van der Waals surface area contributed by atoms with Gasteiger partial charge in [0.1, 0.15) is 11.5 Å². The number of ether oxygens (including phenoxy) is 1. The lowest BCUT2D eigenvalue weighted by Gasteiger charge is -2.04. The van der Waals surface area contributed by atoms with E-state index in [0.717, 1.165) is 40.3 Å². The Morgan fingerprint density at radius 1 is 1.37 bits per heavy atom. The predicted molar refractivity (Wildman–Crippen MR) is 76.1 cm³/mol. The van der Waals surface area contributed by atoms with Gasteiger partial charge >= 0.3 is 0 Å². The van der Waals surface area contributed by atoms with Crippen molar-refractivity contribution in [3.05, 3.63) is 47.1 Å². The highest BCUT2D eigenvalue weighted by Crippen LogP contribution is 2.21. The number of nitrogens with zero attached hydrogens (tertiary/aromatic N) is 1. The molecule has 2 aromatic heterocycles. The predicted octanol–water partition coefficient (Wildman–Crippen LogP) is 3.54. The summed E-state index contributed by atoms with van der Waals surface area (Å²) in [5.74, 6) is 1.78. The minimum atomic E-state index is 0.717. The fraction of sp³-hybridized carbons (Fsp3) is 0.214. The van der Waals surface area contributed by atoms with Gasteiger partial charge in [0.2, 0.25) is 0 Å². The molecule has 0 radical (unpaired) electrons. The highest BCUT2D eigenvalue weighted by Gasteiger charge is 2.06. The molecule has 0 atom stereocenters. The first-order chi connectivity index (χ1) is 9.28. The van der Waals surface area contributed by atoms with Gasteiger partial charge in [-0.2, -0.15) is 0 Å². The number of imidazole rings is 1. The van der Waals surface area contributed by atoms with Crippen molar-refractivity contribution >= 4 is 23.3 Å². The smallest absolute Gasteiger partial charge is 0.178 e. The van der Waals surface area contributed by atoms with E-state index in [0.29, 0.717) is 0 Å². The molecule has 0 spiro atoms. The molecule has 3 aromatic rings. The van der Waals surface area contributed by atoms with Gasteiger partial charge in [0.15, 0.2) is 4.77 Å². The van der Waals surface area contributed by atoms with E-state index in [2.05, 4.69) is 9.55 Å². The monoisotopic (exact) mass is 274 g/mol.